The van der Waals surface area contributed by atoms with Crippen LogP contribution >= 0.6 is 11.6 Å². The number of nitrogens with zero attached hydrogens (tertiary/aromatic N) is 4. The van der Waals surface area contributed by atoms with Gasteiger partial charge in [-0.25, -0.2) is 13.1 Å². The average molecular weight is 408 g/mol. The summed E-state index contributed by atoms with van der Waals surface area (Å²) < 4.78 is 31.3. The predicted molar refractivity (Wildman–Crippen MR) is 104 cm³/mol. The number of aromatic nitrogens is 4. The van der Waals surface area contributed by atoms with Gasteiger partial charge < -0.3 is 0 Å². The van der Waals surface area contributed by atoms with Crippen molar-refractivity contribution >= 4 is 21.6 Å². The summed E-state index contributed by atoms with van der Waals surface area (Å²) >= 11 is 6.10. The van der Waals surface area contributed by atoms with Crippen LogP contribution in [0, 0.1) is 20.8 Å². The minimum Gasteiger partial charge on any atom is -0.265 e. The van der Waals surface area contributed by atoms with E-state index in [1.54, 1.807) is 14.0 Å². The zero-order valence-corrected chi connectivity index (χ0v) is 17.3. The van der Waals surface area contributed by atoms with Crippen molar-refractivity contribution in [2.45, 2.75) is 38.8 Å². The van der Waals surface area contributed by atoms with Gasteiger partial charge in [-0.15, -0.1) is 0 Å². The Morgan fingerprint density at radius 1 is 1.07 bits per heavy atom. The zero-order chi connectivity index (χ0) is 19.8. The van der Waals surface area contributed by atoms with Gasteiger partial charge in [0.25, 0.3) is 0 Å². The molecule has 0 saturated carbocycles. The Morgan fingerprint density at radius 3 is 2.33 bits per heavy atom. The Balaban J connectivity index is 1.82. The summed E-state index contributed by atoms with van der Waals surface area (Å²) in [6, 6.07) is 10.0. The molecule has 27 heavy (non-hydrogen) atoms. The van der Waals surface area contributed by atoms with E-state index in [2.05, 4.69) is 14.9 Å². The molecule has 2 aromatic heterocycles. The van der Waals surface area contributed by atoms with E-state index < -0.39 is 10.0 Å². The van der Waals surface area contributed by atoms with Crippen molar-refractivity contribution in [3.63, 3.8) is 0 Å². The van der Waals surface area contributed by atoms with Gasteiger partial charge in [0, 0.05) is 24.8 Å². The van der Waals surface area contributed by atoms with Crippen molar-refractivity contribution in [2.75, 3.05) is 0 Å². The Labute approximate surface area is 164 Å². The number of hydrogen-bond acceptors (Lipinski definition) is 4. The quantitative estimate of drug-likeness (QED) is 0.681. The molecule has 1 N–H and O–H groups in total. The maximum atomic E-state index is 12.7. The summed E-state index contributed by atoms with van der Waals surface area (Å²) in [6.07, 6.45) is 0. The van der Waals surface area contributed by atoms with Crippen molar-refractivity contribution in [1.29, 1.82) is 0 Å². The first kappa shape index (κ1) is 19.6. The zero-order valence-electron chi connectivity index (χ0n) is 15.7. The molecule has 0 amide bonds. The molecule has 0 aliphatic heterocycles. The van der Waals surface area contributed by atoms with Crippen LogP contribution in [-0.4, -0.2) is 28.0 Å². The second-order valence-corrected chi connectivity index (χ2v) is 8.51. The normalized spacial score (nSPS) is 11.9. The largest absolute Gasteiger partial charge is 0.265 e. The molecule has 0 saturated heterocycles. The molecule has 7 nitrogen and oxygen atoms in total. The first-order chi connectivity index (χ1) is 12.7. The van der Waals surface area contributed by atoms with Gasteiger partial charge in [0.15, 0.2) is 0 Å². The van der Waals surface area contributed by atoms with E-state index in [9.17, 15) is 8.42 Å². The van der Waals surface area contributed by atoms with Crippen LogP contribution in [0.3, 0.4) is 0 Å². The third-order valence-corrected chi connectivity index (χ3v) is 6.61. The molecule has 0 fully saturated rings. The minimum absolute atomic E-state index is 0.0126. The fraction of sp³-hybridized carbons (Fsp3) is 0.333. The van der Waals surface area contributed by atoms with Gasteiger partial charge in [-0.2, -0.15) is 10.2 Å². The molecule has 3 rings (SSSR count). The van der Waals surface area contributed by atoms with E-state index in [-0.39, 0.29) is 16.6 Å². The highest BCUT2D eigenvalue weighted by atomic mass is 35.5. The SMILES string of the molecule is Cc1nn(Cc2ccccc2)c(C)c1CNS(=O)(=O)c1c(C)nn(C)c1Cl. The molecule has 0 bridgehead atoms. The van der Waals surface area contributed by atoms with E-state index in [1.807, 2.05) is 48.9 Å². The molecule has 2 heterocycles. The van der Waals surface area contributed by atoms with Crippen LogP contribution in [0.25, 0.3) is 0 Å². The molecule has 0 spiro atoms. The molecule has 0 aliphatic rings. The van der Waals surface area contributed by atoms with Gasteiger partial charge in [0.1, 0.15) is 10.0 Å². The van der Waals surface area contributed by atoms with Gasteiger partial charge in [0.05, 0.1) is 17.9 Å². The Bertz CT molecular complexity index is 1070. The maximum absolute atomic E-state index is 12.7. The van der Waals surface area contributed by atoms with Gasteiger partial charge >= 0.3 is 0 Å². The molecule has 0 aliphatic carbocycles. The lowest BCUT2D eigenvalue weighted by atomic mass is 10.2. The third-order valence-electron chi connectivity index (χ3n) is 4.51. The van der Waals surface area contributed by atoms with Crippen molar-refractivity contribution in [3.8, 4) is 0 Å². The van der Waals surface area contributed by atoms with Crippen LogP contribution < -0.4 is 4.72 Å². The lowest BCUT2D eigenvalue weighted by molar-refractivity contribution is 0.580. The topological polar surface area (TPSA) is 81.8 Å². The molecule has 0 radical (unpaired) electrons. The standard InChI is InChI=1S/C18H22ClN5O2S/c1-12-16(14(3)24(22-12)11-15-8-6-5-7-9-15)10-20-27(25,26)17-13(2)21-23(4)18(17)19/h5-9,20H,10-11H2,1-4H3. The fourth-order valence-corrected chi connectivity index (χ4v) is 4.80. The van der Waals surface area contributed by atoms with Crippen LogP contribution in [0.2, 0.25) is 5.15 Å². The van der Waals surface area contributed by atoms with E-state index in [0.717, 1.165) is 22.5 Å². The maximum Gasteiger partial charge on any atom is 0.245 e. The van der Waals surface area contributed by atoms with Crippen molar-refractivity contribution in [2.24, 2.45) is 7.05 Å². The first-order valence-corrected chi connectivity index (χ1v) is 10.3. The Morgan fingerprint density at radius 2 is 1.74 bits per heavy atom. The molecular weight excluding hydrogens is 386 g/mol. The molecule has 0 atom stereocenters. The van der Waals surface area contributed by atoms with E-state index in [4.69, 9.17) is 11.6 Å². The highest BCUT2D eigenvalue weighted by Gasteiger charge is 2.25. The molecule has 3 aromatic rings. The number of halogens is 1. The number of hydrogen-bond donors (Lipinski definition) is 1. The molecule has 144 valence electrons. The molecule has 9 heteroatoms. The summed E-state index contributed by atoms with van der Waals surface area (Å²) in [4.78, 5) is 0.0126. The highest BCUT2D eigenvalue weighted by molar-refractivity contribution is 7.89. The number of nitrogens with one attached hydrogen (secondary N) is 1. The summed E-state index contributed by atoms with van der Waals surface area (Å²) in [5, 5.41) is 8.72. The van der Waals surface area contributed by atoms with E-state index in [1.165, 1.54) is 4.68 Å². The fourth-order valence-electron chi connectivity index (χ4n) is 3.06. The minimum atomic E-state index is -3.78. The third kappa shape index (κ3) is 3.92. The summed E-state index contributed by atoms with van der Waals surface area (Å²) in [5.74, 6) is 0. The van der Waals surface area contributed by atoms with Crippen LogP contribution in [0.1, 0.15) is 28.2 Å². The monoisotopic (exact) mass is 407 g/mol. The smallest absolute Gasteiger partial charge is 0.245 e. The molecule has 0 unspecified atom stereocenters. The van der Waals surface area contributed by atoms with Gasteiger partial charge in [-0.1, -0.05) is 41.9 Å². The summed E-state index contributed by atoms with van der Waals surface area (Å²) in [6.45, 7) is 6.21. The highest BCUT2D eigenvalue weighted by Crippen LogP contribution is 2.24. The van der Waals surface area contributed by atoms with Crippen LogP contribution in [0.15, 0.2) is 35.2 Å². The second-order valence-electron chi connectivity index (χ2n) is 6.45. The van der Waals surface area contributed by atoms with Gasteiger partial charge in [0.2, 0.25) is 10.0 Å². The average Bonchev–Trinajstić information content (AvgIpc) is 3.02. The molecule has 1 aromatic carbocycles. The van der Waals surface area contributed by atoms with Crippen LogP contribution in [0.4, 0.5) is 0 Å². The first-order valence-electron chi connectivity index (χ1n) is 8.46. The Kier molecular flexibility index (Phi) is 5.41. The van der Waals surface area contributed by atoms with Crippen molar-refractivity contribution in [1.82, 2.24) is 24.3 Å². The lowest BCUT2D eigenvalue weighted by Crippen LogP contribution is -2.24. The summed E-state index contributed by atoms with van der Waals surface area (Å²) in [7, 11) is -2.18. The van der Waals surface area contributed by atoms with E-state index >= 15 is 0 Å². The number of benzene rings is 1. The predicted octanol–water partition coefficient (Wildman–Crippen LogP) is 2.72. The van der Waals surface area contributed by atoms with Crippen molar-refractivity contribution < 1.29 is 8.42 Å². The van der Waals surface area contributed by atoms with Crippen molar-refractivity contribution in [3.05, 3.63) is 63.7 Å². The van der Waals surface area contributed by atoms with Crippen LogP contribution in [-0.2, 0) is 30.2 Å². The van der Waals surface area contributed by atoms with Gasteiger partial charge in [-0.3, -0.25) is 9.36 Å². The van der Waals surface area contributed by atoms with E-state index in [0.29, 0.717) is 12.2 Å². The second kappa shape index (κ2) is 7.46. The number of rotatable bonds is 6. The number of sulfonamides is 1. The Hall–Kier alpha value is -2.16. The van der Waals surface area contributed by atoms with Crippen LogP contribution in [0.5, 0.6) is 0 Å². The summed E-state index contributed by atoms with van der Waals surface area (Å²) in [5.41, 5.74) is 4.07. The number of aryl methyl sites for hydroxylation is 3. The molecular formula is C18H22ClN5O2S. The lowest BCUT2D eigenvalue weighted by Gasteiger charge is -2.08. The van der Waals surface area contributed by atoms with Gasteiger partial charge in [-0.05, 0) is 26.3 Å².